The van der Waals surface area contributed by atoms with Crippen LogP contribution in [0.4, 0.5) is 11.4 Å². The van der Waals surface area contributed by atoms with Crippen molar-refractivity contribution in [1.29, 1.82) is 0 Å². The molecule has 0 spiro atoms. The fourth-order valence-corrected chi connectivity index (χ4v) is 6.27. The molecule has 10 heteroatoms. The van der Waals surface area contributed by atoms with Gasteiger partial charge in [-0.1, -0.05) is 53.6 Å². The number of ether oxygens (including phenoxy) is 2. The number of hydrogen-bond donors (Lipinski definition) is 2. The van der Waals surface area contributed by atoms with Crippen molar-refractivity contribution in [1.82, 2.24) is 5.32 Å². The number of hydrogen-bond acceptors (Lipinski definition) is 6. The minimum absolute atomic E-state index is 0.0742. The van der Waals surface area contributed by atoms with Crippen molar-refractivity contribution in [3.05, 3.63) is 113 Å². The molecule has 0 aliphatic rings. The first-order chi connectivity index (χ1) is 21.0. The van der Waals surface area contributed by atoms with E-state index in [1.807, 2.05) is 32.0 Å². The van der Waals surface area contributed by atoms with Crippen molar-refractivity contribution in [3.8, 4) is 11.5 Å². The first kappa shape index (κ1) is 32.1. The molecule has 0 fully saturated rings. The van der Waals surface area contributed by atoms with E-state index in [1.54, 1.807) is 75.7 Å². The second kappa shape index (κ2) is 14.1. The molecule has 4 aromatic rings. The zero-order chi connectivity index (χ0) is 31.9. The van der Waals surface area contributed by atoms with Crippen LogP contribution in [0.15, 0.2) is 89.8 Å². The summed E-state index contributed by atoms with van der Waals surface area (Å²) in [5, 5.41) is 5.64. The van der Waals surface area contributed by atoms with Gasteiger partial charge in [0, 0.05) is 6.54 Å². The van der Waals surface area contributed by atoms with Gasteiger partial charge >= 0.3 is 0 Å². The Morgan fingerprint density at radius 3 is 2.16 bits per heavy atom. The lowest BCUT2D eigenvalue weighted by Gasteiger charge is -2.26. The van der Waals surface area contributed by atoms with Crippen molar-refractivity contribution >= 4 is 33.2 Å². The Hall–Kier alpha value is -4.83. The van der Waals surface area contributed by atoms with E-state index in [0.717, 1.165) is 21.0 Å². The molecule has 0 aliphatic carbocycles. The molecule has 0 aromatic heterocycles. The third-order valence-corrected chi connectivity index (χ3v) is 8.88. The highest BCUT2D eigenvalue weighted by molar-refractivity contribution is 7.92. The molecular formula is C34H37N3O6S. The summed E-state index contributed by atoms with van der Waals surface area (Å²) < 4.78 is 39.4. The smallest absolute Gasteiger partial charge is 0.264 e. The Morgan fingerprint density at radius 2 is 1.48 bits per heavy atom. The monoisotopic (exact) mass is 615 g/mol. The van der Waals surface area contributed by atoms with Gasteiger partial charge in [0.1, 0.15) is 6.54 Å². The number of methoxy groups -OCH3 is 2. The molecule has 4 aromatic carbocycles. The van der Waals surface area contributed by atoms with E-state index in [9.17, 15) is 18.0 Å². The lowest BCUT2D eigenvalue weighted by Crippen LogP contribution is -2.39. The summed E-state index contributed by atoms with van der Waals surface area (Å²) in [6.07, 6.45) is 0.544. The number of amides is 2. The first-order valence-electron chi connectivity index (χ1n) is 14.1. The lowest BCUT2D eigenvalue weighted by atomic mass is 10.1. The predicted molar refractivity (Wildman–Crippen MR) is 172 cm³/mol. The van der Waals surface area contributed by atoms with Gasteiger partial charge in [-0.2, -0.15) is 0 Å². The number of nitrogens with zero attached hydrogens (tertiary/aromatic N) is 1. The summed E-state index contributed by atoms with van der Waals surface area (Å²) in [6, 6.07) is 24.0. The molecule has 2 amide bonds. The average Bonchev–Trinajstić information content (AvgIpc) is 3.00. The normalized spacial score (nSPS) is 11.0. The molecule has 0 atom stereocenters. The van der Waals surface area contributed by atoms with Crippen LogP contribution in [-0.2, 0) is 21.2 Å². The molecule has 0 unspecified atom stereocenters. The summed E-state index contributed by atoms with van der Waals surface area (Å²) in [6.45, 7) is 5.44. The SMILES string of the molecule is COc1ccc(CCNC(=O)c2ccccc2NC(=O)CN(c2ccc(C)cc2C)S(=O)(=O)c2ccc(C)cc2)cc1OC. The minimum Gasteiger partial charge on any atom is -0.493 e. The van der Waals surface area contributed by atoms with E-state index in [2.05, 4.69) is 10.6 Å². The van der Waals surface area contributed by atoms with Gasteiger partial charge in [-0.25, -0.2) is 8.42 Å². The average molecular weight is 616 g/mol. The predicted octanol–water partition coefficient (Wildman–Crippen LogP) is 5.44. The highest BCUT2D eigenvalue weighted by Gasteiger charge is 2.29. The van der Waals surface area contributed by atoms with E-state index in [-0.39, 0.29) is 22.1 Å². The van der Waals surface area contributed by atoms with Crippen molar-refractivity contribution in [2.75, 3.05) is 36.9 Å². The molecule has 0 bridgehead atoms. The molecule has 0 heterocycles. The van der Waals surface area contributed by atoms with Crippen molar-refractivity contribution in [2.24, 2.45) is 0 Å². The van der Waals surface area contributed by atoms with Gasteiger partial charge in [0.25, 0.3) is 15.9 Å². The molecule has 9 nitrogen and oxygen atoms in total. The van der Waals surface area contributed by atoms with Crippen LogP contribution in [0.5, 0.6) is 11.5 Å². The fraction of sp³-hybridized carbons (Fsp3) is 0.235. The Morgan fingerprint density at radius 1 is 0.795 bits per heavy atom. The molecule has 0 saturated carbocycles. The summed E-state index contributed by atoms with van der Waals surface area (Å²) in [5.74, 6) is 0.252. The standard InChI is InChI=1S/C34H37N3O6S/c1-23-10-14-27(15-11-23)44(40,41)37(30-16-12-24(2)20-25(30)3)22-33(38)36-29-9-7-6-8-28(29)34(39)35-19-18-26-13-17-31(42-4)32(21-26)43-5/h6-17,20-21H,18-19,22H2,1-5H3,(H,35,39)(H,36,38). The van der Waals surface area contributed by atoms with Gasteiger partial charge in [0.15, 0.2) is 11.5 Å². The summed E-state index contributed by atoms with van der Waals surface area (Å²) in [4.78, 5) is 26.6. The van der Waals surface area contributed by atoms with Crippen LogP contribution in [-0.4, -0.2) is 47.5 Å². The van der Waals surface area contributed by atoms with Crippen LogP contribution < -0.4 is 24.4 Å². The van der Waals surface area contributed by atoms with Gasteiger partial charge in [-0.3, -0.25) is 13.9 Å². The number of anilines is 2. The van der Waals surface area contributed by atoms with Crippen LogP contribution >= 0.6 is 0 Å². The Labute approximate surface area is 258 Å². The van der Waals surface area contributed by atoms with Gasteiger partial charge in [-0.15, -0.1) is 0 Å². The number of aryl methyl sites for hydroxylation is 3. The second-order valence-corrected chi connectivity index (χ2v) is 12.3. The molecule has 0 aliphatic heterocycles. The summed E-state index contributed by atoms with van der Waals surface area (Å²) in [5.41, 5.74) is 4.47. The van der Waals surface area contributed by atoms with Crippen LogP contribution in [0.1, 0.15) is 32.6 Å². The number of carbonyl (C=O) groups is 2. The zero-order valence-electron chi connectivity index (χ0n) is 25.5. The second-order valence-electron chi connectivity index (χ2n) is 10.4. The fourth-order valence-electron chi connectivity index (χ4n) is 4.78. The topological polar surface area (TPSA) is 114 Å². The van der Waals surface area contributed by atoms with E-state index in [1.165, 1.54) is 12.1 Å². The van der Waals surface area contributed by atoms with Crippen molar-refractivity contribution < 1.29 is 27.5 Å². The summed E-state index contributed by atoms with van der Waals surface area (Å²) in [7, 11) is -0.961. The molecule has 4 rings (SSSR count). The van der Waals surface area contributed by atoms with Crippen molar-refractivity contribution in [2.45, 2.75) is 32.1 Å². The lowest BCUT2D eigenvalue weighted by molar-refractivity contribution is -0.114. The van der Waals surface area contributed by atoms with Crippen LogP contribution in [0.3, 0.4) is 0 Å². The largest absolute Gasteiger partial charge is 0.493 e. The van der Waals surface area contributed by atoms with Gasteiger partial charge in [0.05, 0.1) is 36.1 Å². The molecule has 0 radical (unpaired) electrons. The number of para-hydroxylation sites is 1. The maximum absolute atomic E-state index is 13.8. The third-order valence-electron chi connectivity index (χ3n) is 7.11. The van der Waals surface area contributed by atoms with Gasteiger partial charge in [0.2, 0.25) is 5.91 Å². The van der Waals surface area contributed by atoms with E-state index in [0.29, 0.717) is 35.7 Å². The third kappa shape index (κ3) is 7.57. The quantitative estimate of drug-likeness (QED) is 0.220. The number of sulfonamides is 1. The Bertz CT molecular complexity index is 1750. The van der Waals surface area contributed by atoms with Crippen LogP contribution in [0.2, 0.25) is 0 Å². The zero-order valence-corrected chi connectivity index (χ0v) is 26.3. The highest BCUT2D eigenvalue weighted by atomic mass is 32.2. The summed E-state index contributed by atoms with van der Waals surface area (Å²) >= 11 is 0. The number of benzene rings is 4. The molecular weight excluding hydrogens is 578 g/mol. The van der Waals surface area contributed by atoms with Gasteiger partial charge < -0.3 is 20.1 Å². The Kier molecular flexibility index (Phi) is 10.3. The molecule has 44 heavy (non-hydrogen) atoms. The minimum atomic E-state index is -4.09. The maximum Gasteiger partial charge on any atom is 0.264 e. The van der Waals surface area contributed by atoms with E-state index in [4.69, 9.17) is 9.47 Å². The molecule has 2 N–H and O–H groups in total. The first-order valence-corrected chi connectivity index (χ1v) is 15.5. The van der Waals surface area contributed by atoms with E-state index >= 15 is 0 Å². The number of carbonyl (C=O) groups excluding carboxylic acids is 2. The molecule has 0 saturated heterocycles. The molecule has 230 valence electrons. The Balaban J connectivity index is 1.51. The number of nitrogens with one attached hydrogen (secondary N) is 2. The maximum atomic E-state index is 13.8. The van der Waals surface area contributed by atoms with Crippen molar-refractivity contribution in [3.63, 3.8) is 0 Å². The van der Waals surface area contributed by atoms with Gasteiger partial charge in [-0.05, 0) is 80.8 Å². The number of rotatable bonds is 12. The van der Waals surface area contributed by atoms with Crippen LogP contribution in [0, 0.1) is 20.8 Å². The van der Waals surface area contributed by atoms with E-state index < -0.39 is 22.5 Å². The van der Waals surface area contributed by atoms with Crippen LogP contribution in [0.25, 0.3) is 0 Å². The highest BCUT2D eigenvalue weighted by Crippen LogP contribution is 2.29.